The summed E-state index contributed by atoms with van der Waals surface area (Å²) in [7, 11) is 1.65. The molecule has 5 nitrogen and oxygen atoms in total. The van der Waals surface area contributed by atoms with E-state index in [0.29, 0.717) is 11.5 Å². The Morgan fingerprint density at radius 1 is 1.22 bits per heavy atom. The summed E-state index contributed by atoms with van der Waals surface area (Å²) < 4.78 is 5.40. The minimum atomic E-state index is 0.656. The molecule has 0 aromatic heterocycles. The van der Waals surface area contributed by atoms with Gasteiger partial charge in [-0.05, 0) is 44.4 Å². The van der Waals surface area contributed by atoms with Crippen molar-refractivity contribution >= 4 is 5.70 Å². The van der Waals surface area contributed by atoms with Gasteiger partial charge in [0.15, 0.2) is 0 Å². The van der Waals surface area contributed by atoms with E-state index in [4.69, 9.17) is 16.2 Å². The van der Waals surface area contributed by atoms with Gasteiger partial charge in [-0.3, -0.25) is 0 Å². The van der Waals surface area contributed by atoms with Crippen LogP contribution in [0, 0.1) is 0 Å². The first kappa shape index (κ1) is 17.1. The third kappa shape index (κ3) is 4.34. The van der Waals surface area contributed by atoms with Gasteiger partial charge < -0.3 is 26.4 Å². The van der Waals surface area contributed by atoms with E-state index in [9.17, 15) is 0 Å². The van der Waals surface area contributed by atoms with Crippen LogP contribution in [0.2, 0.25) is 0 Å². The molecule has 0 saturated carbocycles. The number of nitrogens with two attached hydrogens (primary N) is 2. The van der Waals surface area contributed by atoms with Crippen molar-refractivity contribution in [3.8, 4) is 5.75 Å². The summed E-state index contributed by atoms with van der Waals surface area (Å²) in [5.41, 5.74) is 15.1. The minimum Gasteiger partial charge on any atom is -0.496 e. The van der Waals surface area contributed by atoms with Gasteiger partial charge in [-0.25, -0.2) is 0 Å². The summed E-state index contributed by atoms with van der Waals surface area (Å²) in [6.45, 7) is 4.84. The largest absolute Gasteiger partial charge is 0.496 e. The highest BCUT2D eigenvalue weighted by Crippen LogP contribution is 2.25. The predicted octanol–water partition coefficient (Wildman–Crippen LogP) is 2.22. The Balaban J connectivity index is 2.37. The molecular formula is C18H28N4O. The molecule has 0 unspecified atom stereocenters. The van der Waals surface area contributed by atoms with Gasteiger partial charge in [0.2, 0.25) is 0 Å². The molecule has 0 amide bonds. The molecule has 23 heavy (non-hydrogen) atoms. The third-order valence-electron chi connectivity index (χ3n) is 4.05. The lowest BCUT2D eigenvalue weighted by molar-refractivity contribution is 0.289. The molecule has 1 saturated heterocycles. The summed E-state index contributed by atoms with van der Waals surface area (Å²) in [5.74, 6) is 1.44. The Bertz CT molecular complexity index is 574. The van der Waals surface area contributed by atoms with Crippen LogP contribution in [0.1, 0.15) is 31.7 Å². The number of nitrogens with one attached hydrogen (secondary N) is 1. The van der Waals surface area contributed by atoms with E-state index in [1.807, 2.05) is 37.3 Å². The van der Waals surface area contributed by atoms with Crippen LogP contribution in [0.5, 0.6) is 5.75 Å². The zero-order valence-corrected chi connectivity index (χ0v) is 14.1. The van der Waals surface area contributed by atoms with Gasteiger partial charge in [-0.15, -0.1) is 0 Å². The number of nitrogens with zero attached hydrogens (tertiary/aromatic N) is 1. The lowest BCUT2D eigenvalue weighted by Crippen LogP contribution is -2.34. The summed E-state index contributed by atoms with van der Waals surface area (Å²) in [6, 6.07) is 7.76. The number of rotatable bonds is 6. The lowest BCUT2D eigenvalue weighted by atomic mass is 10.1. The lowest BCUT2D eigenvalue weighted by Gasteiger charge is -2.31. The molecule has 0 bridgehead atoms. The van der Waals surface area contributed by atoms with E-state index in [-0.39, 0.29) is 0 Å². The van der Waals surface area contributed by atoms with E-state index in [2.05, 4.69) is 10.2 Å². The fourth-order valence-electron chi connectivity index (χ4n) is 2.86. The fraction of sp³-hybridized carbons (Fsp3) is 0.444. The van der Waals surface area contributed by atoms with Gasteiger partial charge in [-0.2, -0.15) is 0 Å². The Morgan fingerprint density at radius 3 is 2.57 bits per heavy atom. The Hall–Kier alpha value is -2.30. The Kier molecular flexibility index (Phi) is 6.20. The minimum absolute atomic E-state index is 0.656. The first-order valence-electron chi connectivity index (χ1n) is 8.26. The van der Waals surface area contributed by atoms with Crippen molar-refractivity contribution in [3.05, 3.63) is 47.4 Å². The Morgan fingerprint density at radius 2 is 1.91 bits per heavy atom. The van der Waals surface area contributed by atoms with Crippen LogP contribution < -0.4 is 21.5 Å². The number of para-hydroxylation sites is 1. The van der Waals surface area contributed by atoms with Gasteiger partial charge in [0, 0.05) is 30.9 Å². The van der Waals surface area contributed by atoms with Crippen LogP contribution >= 0.6 is 0 Å². The fourth-order valence-corrected chi connectivity index (χ4v) is 2.86. The third-order valence-corrected chi connectivity index (χ3v) is 4.05. The molecule has 5 heteroatoms. The first-order chi connectivity index (χ1) is 11.2. The molecule has 1 aromatic rings. The van der Waals surface area contributed by atoms with Crippen LogP contribution in [0.3, 0.4) is 0 Å². The van der Waals surface area contributed by atoms with Crippen molar-refractivity contribution in [2.24, 2.45) is 11.5 Å². The highest BCUT2D eigenvalue weighted by molar-refractivity contribution is 5.70. The highest BCUT2D eigenvalue weighted by atomic mass is 16.5. The molecule has 0 aliphatic carbocycles. The van der Waals surface area contributed by atoms with Gasteiger partial charge in [0.25, 0.3) is 0 Å². The van der Waals surface area contributed by atoms with Gasteiger partial charge >= 0.3 is 0 Å². The van der Waals surface area contributed by atoms with Gasteiger partial charge in [0.1, 0.15) is 11.6 Å². The summed E-state index contributed by atoms with van der Waals surface area (Å²) >= 11 is 0. The van der Waals surface area contributed by atoms with Crippen molar-refractivity contribution in [1.29, 1.82) is 0 Å². The van der Waals surface area contributed by atoms with Crippen LogP contribution in [0.25, 0.3) is 5.70 Å². The van der Waals surface area contributed by atoms with Crippen molar-refractivity contribution in [2.45, 2.75) is 26.2 Å². The van der Waals surface area contributed by atoms with E-state index >= 15 is 0 Å². The maximum atomic E-state index is 6.35. The number of methoxy groups -OCH3 is 1. The molecule has 1 heterocycles. The van der Waals surface area contributed by atoms with Crippen molar-refractivity contribution in [1.82, 2.24) is 10.2 Å². The van der Waals surface area contributed by atoms with Crippen LogP contribution in [0.4, 0.5) is 0 Å². The molecular weight excluding hydrogens is 288 g/mol. The van der Waals surface area contributed by atoms with Crippen LogP contribution in [-0.2, 0) is 0 Å². The SMILES string of the molecule is CCN/C(N)=C(/C=C(\N)c1ccccc1OC)N1CCCCC1. The van der Waals surface area contributed by atoms with Gasteiger partial charge in [-0.1, -0.05) is 12.1 Å². The van der Waals surface area contributed by atoms with Crippen LogP contribution in [-0.4, -0.2) is 31.6 Å². The molecule has 0 radical (unpaired) electrons. The van der Waals surface area contributed by atoms with E-state index in [0.717, 1.165) is 36.6 Å². The second kappa shape index (κ2) is 8.36. The summed E-state index contributed by atoms with van der Waals surface area (Å²) in [5, 5.41) is 3.21. The quantitative estimate of drug-likeness (QED) is 0.702. The molecule has 0 spiro atoms. The summed E-state index contributed by atoms with van der Waals surface area (Å²) in [4.78, 5) is 2.31. The molecule has 1 fully saturated rings. The van der Waals surface area contributed by atoms with Crippen molar-refractivity contribution in [3.63, 3.8) is 0 Å². The molecule has 2 rings (SSSR count). The number of allylic oxidation sites excluding steroid dienone is 1. The zero-order chi connectivity index (χ0) is 16.7. The topological polar surface area (TPSA) is 76.5 Å². The average Bonchev–Trinajstić information content (AvgIpc) is 2.60. The molecule has 126 valence electrons. The number of hydrogen-bond acceptors (Lipinski definition) is 5. The number of likely N-dealkylation sites (tertiary alicyclic amines) is 1. The maximum absolute atomic E-state index is 6.35. The number of hydrogen-bond donors (Lipinski definition) is 3. The average molecular weight is 316 g/mol. The number of ether oxygens (including phenoxy) is 1. The summed E-state index contributed by atoms with van der Waals surface area (Å²) in [6.07, 6.45) is 5.61. The second-order valence-electron chi connectivity index (χ2n) is 5.68. The normalized spacial score (nSPS) is 16.8. The number of piperidine rings is 1. The standard InChI is InChI=1S/C18H28N4O/c1-3-21-18(20)16(22-11-7-4-8-12-22)13-15(19)14-9-5-6-10-17(14)23-2/h5-6,9-10,13,21H,3-4,7-8,11-12,19-20H2,1-2H3/b15-13-,18-16-. The first-order valence-corrected chi connectivity index (χ1v) is 8.26. The maximum Gasteiger partial charge on any atom is 0.128 e. The molecule has 1 aliphatic heterocycles. The molecule has 0 atom stereocenters. The zero-order valence-electron chi connectivity index (χ0n) is 14.1. The second-order valence-corrected chi connectivity index (χ2v) is 5.68. The number of benzene rings is 1. The molecule has 1 aromatic carbocycles. The van der Waals surface area contributed by atoms with Gasteiger partial charge in [0.05, 0.1) is 12.8 Å². The molecule has 1 aliphatic rings. The van der Waals surface area contributed by atoms with Crippen molar-refractivity contribution < 1.29 is 4.74 Å². The predicted molar refractivity (Wildman–Crippen MR) is 95.5 cm³/mol. The highest BCUT2D eigenvalue weighted by Gasteiger charge is 2.16. The monoisotopic (exact) mass is 316 g/mol. The molecule has 5 N–H and O–H groups in total. The van der Waals surface area contributed by atoms with Crippen molar-refractivity contribution in [2.75, 3.05) is 26.7 Å². The van der Waals surface area contributed by atoms with Crippen LogP contribution in [0.15, 0.2) is 41.9 Å². The van der Waals surface area contributed by atoms with E-state index in [1.165, 1.54) is 19.3 Å². The van der Waals surface area contributed by atoms with E-state index in [1.54, 1.807) is 7.11 Å². The van der Waals surface area contributed by atoms with E-state index < -0.39 is 0 Å². The smallest absolute Gasteiger partial charge is 0.128 e. The Labute approximate surface area is 139 Å².